The van der Waals surface area contributed by atoms with Crippen molar-refractivity contribution in [3.05, 3.63) is 29.3 Å². The van der Waals surface area contributed by atoms with Gasteiger partial charge in [0.25, 0.3) is 0 Å². The topological polar surface area (TPSA) is 3.24 Å². The van der Waals surface area contributed by atoms with Crippen LogP contribution in [0.25, 0.3) is 0 Å². The molecule has 3 aliphatic rings. The average Bonchev–Trinajstić information content (AvgIpc) is 2.98. The van der Waals surface area contributed by atoms with E-state index in [1.165, 1.54) is 107 Å². The molecule has 0 radical (unpaired) electrons. The van der Waals surface area contributed by atoms with Crippen molar-refractivity contribution < 1.29 is 15.7 Å². The summed E-state index contributed by atoms with van der Waals surface area (Å²) in [5.41, 5.74) is 4.93. The summed E-state index contributed by atoms with van der Waals surface area (Å²) in [5, 5.41) is 0. The normalized spacial score (nSPS) is 24.1. The molecule has 0 amide bonds. The van der Waals surface area contributed by atoms with E-state index in [0.717, 1.165) is 0 Å². The molecule has 1 nitrogen and oxygen atoms in total. The third-order valence-corrected chi connectivity index (χ3v) is 10.6. The Bertz CT molecular complexity index is 753. The Morgan fingerprint density at radius 1 is 0.735 bits per heavy atom. The zero-order valence-electron chi connectivity index (χ0n) is 22.9. The number of anilines is 1. The molecule has 3 fully saturated rings. The second-order valence-electron chi connectivity index (χ2n) is 12.4. The Balaban J connectivity index is 0.000000343. The van der Waals surface area contributed by atoms with Crippen LogP contribution in [0.4, 0.5) is 5.69 Å². The number of nitrogens with zero attached hydrogens (tertiary/aromatic N) is 1. The first-order valence-electron chi connectivity index (χ1n) is 14.3. The van der Waals surface area contributed by atoms with Gasteiger partial charge < -0.3 is 0 Å². The fraction of sp³-hybridized carbons (Fsp3) is 0.774. The standard InChI is InChI=1S/C23H35N.C8H16.ClH.Rh/c1-17(2)19-11-10-12-20(18(3)4)21(19)24-16-23(15-22(24,5)6)13-8-7-9-14-23;1-2-4-6-8-7-5-3-1;;/h10-12,17-18H,7-9,13-15H2,1-6H3;1-8H2;1H;/q;;;+1/p-1. The van der Waals surface area contributed by atoms with E-state index < -0.39 is 0 Å². The van der Waals surface area contributed by atoms with Crippen LogP contribution in [0, 0.1) is 5.41 Å². The van der Waals surface area contributed by atoms with Gasteiger partial charge in [-0.1, -0.05) is 51.4 Å². The molecule has 1 saturated heterocycles. The van der Waals surface area contributed by atoms with E-state index in [1.807, 2.05) is 0 Å². The fourth-order valence-electron chi connectivity index (χ4n) is 6.74. The van der Waals surface area contributed by atoms with Gasteiger partial charge in [0, 0.05) is 0 Å². The van der Waals surface area contributed by atoms with Crippen LogP contribution in [0.2, 0.25) is 0 Å². The van der Waals surface area contributed by atoms with Crippen molar-refractivity contribution in [2.45, 2.75) is 149 Å². The predicted molar refractivity (Wildman–Crippen MR) is 149 cm³/mol. The number of halogens is 1. The Morgan fingerprint density at radius 2 is 1.15 bits per heavy atom. The summed E-state index contributed by atoms with van der Waals surface area (Å²) in [5.74, 6) is 1.04. The van der Waals surface area contributed by atoms with E-state index in [4.69, 9.17) is 9.69 Å². The van der Waals surface area contributed by atoms with Crippen molar-refractivity contribution in [3.63, 3.8) is 0 Å². The van der Waals surface area contributed by atoms with E-state index in [1.54, 1.807) is 4.23 Å². The summed E-state index contributed by atoms with van der Waals surface area (Å²) in [4.78, 5) is 2.72. The molecule has 0 bridgehead atoms. The number of rotatable bonds is 3. The summed E-state index contributed by atoms with van der Waals surface area (Å²) < 4.78 is 1.57. The molecule has 0 atom stereocenters. The van der Waals surface area contributed by atoms with Gasteiger partial charge in [-0.3, -0.25) is 0 Å². The fourth-order valence-corrected chi connectivity index (χ4v) is 9.57. The zero-order valence-corrected chi connectivity index (χ0v) is 25.3. The summed E-state index contributed by atoms with van der Waals surface area (Å²) in [7, 11) is 6.76. The molecule has 4 rings (SSSR count). The molecule has 0 N–H and O–H groups in total. The van der Waals surface area contributed by atoms with Gasteiger partial charge in [0.2, 0.25) is 0 Å². The maximum absolute atomic E-state index is 6.76. The molecule has 1 heterocycles. The second-order valence-corrected chi connectivity index (χ2v) is 14.3. The van der Waals surface area contributed by atoms with Crippen molar-refractivity contribution in [2.75, 3.05) is 4.90 Å². The van der Waals surface area contributed by atoms with Crippen LogP contribution in [0.15, 0.2) is 18.2 Å². The number of para-hydroxylation sites is 1. The third-order valence-electron chi connectivity index (χ3n) is 8.41. The minimum absolute atomic E-state index is 0.0443. The molecule has 3 heteroatoms. The van der Waals surface area contributed by atoms with Gasteiger partial charge in [0.1, 0.15) is 0 Å². The van der Waals surface area contributed by atoms with Gasteiger partial charge in [-0.25, -0.2) is 0 Å². The molecule has 1 aliphatic heterocycles. The Hall–Kier alpha value is -0.197. The van der Waals surface area contributed by atoms with E-state index in [-0.39, 0.29) is 21.2 Å². The Kier molecular flexibility index (Phi) is 10.7. The van der Waals surface area contributed by atoms with Crippen molar-refractivity contribution in [3.8, 4) is 0 Å². The van der Waals surface area contributed by atoms with E-state index in [2.05, 4.69) is 64.6 Å². The first-order chi connectivity index (χ1) is 16.2. The van der Waals surface area contributed by atoms with Crippen LogP contribution in [-0.4, -0.2) is 9.77 Å². The van der Waals surface area contributed by atoms with Crippen LogP contribution in [0.1, 0.15) is 154 Å². The van der Waals surface area contributed by atoms with Gasteiger partial charge in [0.05, 0.1) is 0 Å². The van der Waals surface area contributed by atoms with E-state index in [9.17, 15) is 0 Å². The van der Waals surface area contributed by atoms with Gasteiger partial charge in [-0.15, -0.1) is 0 Å². The molecule has 2 saturated carbocycles. The van der Waals surface area contributed by atoms with E-state index >= 15 is 0 Å². The first-order valence-corrected chi connectivity index (χ1v) is 17.2. The maximum atomic E-state index is 6.76. The molecular formula is C31H51ClNRh. The molecule has 1 spiro atoms. The third kappa shape index (κ3) is 6.56. The summed E-state index contributed by atoms with van der Waals surface area (Å²) in [6.07, 6.45) is 20.1. The summed E-state index contributed by atoms with van der Waals surface area (Å²) >= 11 is -0.0443. The van der Waals surface area contributed by atoms with Crippen molar-refractivity contribution in [1.29, 1.82) is 0 Å². The van der Waals surface area contributed by atoms with Gasteiger partial charge in [-0.05, 0) is 0 Å². The SMILES string of the molecule is C1CCCCCCC1.CC(C)c1cccc(C(C)C)c1N1[C](=[Rh][Cl])C2(CCCCC2)CC1(C)C. The molecule has 0 unspecified atom stereocenters. The quantitative estimate of drug-likeness (QED) is 0.324. The molecule has 1 aromatic carbocycles. The van der Waals surface area contributed by atoms with Crippen LogP contribution in [-0.2, 0) is 15.7 Å². The van der Waals surface area contributed by atoms with Crippen LogP contribution < -0.4 is 4.90 Å². The van der Waals surface area contributed by atoms with Crippen molar-refractivity contribution in [2.24, 2.45) is 5.41 Å². The number of hydrogen-bond donors (Lipinski definition) is 0. The van der Waals surface area contributed by atoms with Crippen molar-refractivity contribution >= 4 is 19.6 Å². The molecule has 196 valence electrons. The Labute approximate surface area is 223 Å². The predicted octanol–water partition coefficient (Wildman–Crippen LogP) is 10.4. The van der Waals surface area contributed by atoms with Gasteiger partial charge in [0.15, 0.2) is 0 Å². The van der Waals surface area contributed by atoms with Gasteiger partial charge >= 0.3 is 172 Å². The van der Waals surface area contributed by atoms with E-state index in [0.29, 0.717) is 17.3 Å². The Morgan fingerprint density at radius 3 is 1.53 bits per heavy atom. The first kappa shape index (κ1) is 28.4. The summed E-state index contributed by atoms with van der Waals surface area (Å²) in [6.45, 7) is 14.2. The molecule has 34 heavy (non-hydrogen) atoms. The second kappa shape index (κ2) is 12.9. The molecule has 1 aromatic rings. The molecule has 0 aromatic heterocycles. The number of benzene rings is 1. The van der Waals surface area contributed by atoms with Crippen molar-refractivity contribution in [1.82, 2.24) is 0 Å². The van der Waals surface area contributed by atoms with Crippen LogP contribution >= 0.6 is 9.69 Å². The monoisotopic (exact) mass is 575 g/mol. The average molecular weight is 576 g/mol. The minimum atomic E-state index is -0.0443. The van der Waals surface area contributed by atoms with Crippen LogP contribution in [0.5, 0.6) is 0 Å². The van der Waals surface area contributed by atoms with Crippen LogP contribution in [0.3, 0.4) is 0 Å². The number of hydrogen-bond acceptors (Lipinski definition) is 1. The summed E-state index contributed by atoms with van der Waals surface area (Å²) in [6, 6.07) is 6.93. The zero-order chi connectivity index (χ0) is 24.8. The molecule has 2 aliphatic carbocycles. The molecular weight excluding hydrogens is 525 g/mol. The van der Waals surface area contributed by atoms with Gasteiger partial charge in [-0.2, -0.15) is 0 Å².